The summed E-state index contributed by atoms with van der Waals surface area (Å²) in [5, 5.41) is 0. The van der Waals surface area contributed by atoms with Gasteiger partial charge < -0.3 is 10.5 Å². The lowest BCUT2D eigenvalue weighted by Gasteiger charge is -2.08. The zero-order chi connectivity index (χ0) is 19.5. The molecule has 0 saturated carbocycles. The topological polar surface area (TPSA) is 52.3 Å². The molecule has 0 spiro atoms. The SMILES string of the molecule is COc1cccc(-c2c(-c3ccccc3)sc(C(=O)c3ccccc3)c2N)c1. The van der Waals surface area contributed by atoms with Crippen molar-refractivity contribution in [1.82, 2.24) is 0 Å². The smallest absolute Gasteiger partial charge is 0.205 e. The van der Waals surface area contributed by atoms with Crippen molar-refractivity contribution >= 4 is 22.8 Å². The lowest BCUT2D eigenvalue weighted by molar-refractivity contribution is 0.104. The summed E-state index contributed by atoms with van der Waals surface area (Å²) < 4.78 is 5.38. The van der Waals surface area contributed by atoms with Crippen LogP contribution < -0.4 is 10.5 Å². The summed E-state index contributed by atoms with van der Waals surface area (Å²) in [6.07, 6.45) is 0. The molecule has 0 bridgehead atoms. The highest BCUT2D eigenvalue weighted by molar-refractivity contribution is 7.19. The number of ether oxygens (including phenoxy) is 1. The summed E-state index contributed by atoms with van der Waals surface area (Å²) in [7, 11) is 1.64. The van der Waals surface area contributed by atoms with Crippen molar-refractivity contribution in [2.24, 2.45) is 0 Å². The lowest BCUT2D eigenvalue weighted by atomic mass is 9.99. The standard InChI is InChI=1S/C24H19NO2S/c1-27-19-14-8-13-18(15-19)20-21(25)24(22(26)16-9-4-2-5-10-16)28-23(20)17-11-6-3-7-12-17/h2-15H,25H2,1H3. The molecule has 0 aliphatic rings. The highest BCUT2D eigenvalue weighted by Gasteiger charge is 2.24. The summed E-state index contributed by atoms with van der Waals surface area (Å²) >= 11 is 1.44. The zero-order valence-corrected chi connectivity index (χ0v) is 16.2. The van der Waals surface area contributed by atoms with E-state index in [-0.39, 0.29) is 5.78 Å². The van der Waals surface area contributed by atoms with E-state index >= 15 is 0 Å². The molecule has 28 heavy (non-hydrogen) atoms. The van der Waals surface area contributed by atoms with Gasteiger partial charge in [0.1, 0.15) is 5.75 Å². The Hall–Kier alpha value is -3.37. The third-order valence-corrected chi connectivity index (χ3v) is 5.84. The average Bonchev–Trinajstić information content (AvgIpc) is 3.11. The molecule has 3 nitrogen and oxygen atoms in total. The summed E-state index contributed by atoms with van der Waals surface area (Å²) in [5.74, 6) is 0.687. The van der Waals surface area contributed by atoms with Crippen LogP contribution in [0.3, 0.4) is 0 Å². The quantitative estimate of drug-likeness (QED) is 0.435. The van der Waals surface area contributed by atoms with Gasteiger partial charge in [-0.3, -0.25) is 4.79 Å². The Balaban J connectivity index is 1.93. The van der Waals surface area contributed by atoms with E-state index in [1.165, 1.54) is 11.3 Å². The van der Waals surface area contributed by atoms with Crippen LogP contribution in [0.1, 0.15) is 15.2 Å². The molecule has 0 aliphatic heterocycles. The second-order valence-electron chi connectivity index (χ2n) is 6.34. The number of carbonyl (C=O) groups excluding carboxylic acids is 1. The molecule has 0 amide bonds. The minimum absolute atomic E-state index is 0.0607. The lowest BCUT2D eigenvalue weighted by Crippen LogP contribution is -2.02. The number of hydrogen-bond acceptors (Lipinski definition) is 4. The predicted molar refractivity (Wildman–Crippen MR) is 116 cm³/mol. The van der Waals surface area contributed by atoms with Gasteiger partial charge in [0.05, 0.1) is 17.7 Å². The number of nitrogen functional groups attached to an aromatic ring is 1. The third kappa shape index (κ3) is 3.30. The van der Waals surface area contributed by atoms with Crippen LogP contribution >= 0.6 is 11.3 Å². The molecule has 0 radical (unpaired) electrons. The number of thiophene rings is 1. The van der Waals surface area contributed by atoms with Crippen LogP contribution in [0.2, 0.25) is 0 Å². The Labute approximate surface area is 168 Å². The largest absolute Gasteiger partial charge is 0.497 e. The number of methoxy groups -OCH3 is 1. The second kappa shape index (κ2) is 7.71. The van der Waals surface area contributed by atoms with Gasteiger partial charge in [-0.15, -0.1) is 11.3 Å². The summed E-state index contributed by atoms with van der Waals surface area (Å²) in [6, 6.07) is 27.0. The summed E-state index contributed by atoms with van der Waals surface area (Å²) in [6.45, 7) is 0. The van der Waals surface area contributed by atoms with E-state index in [0.29, 0.717) is 16.1 Å². The number of anilines is 1. The maximum absolute atomic E-state index is 13.1. The van der Waals surface area contributed by atoms with Crippen molar-refractivity contribution in [1.29, 1.82) is 0 Å². The number of benzene rings is 3. The van der Waals surface area contributed by atoms with E-state index in [0.717, 1.165) is 27.3 Å². The Morgan fingerprint density at radius 1 is 0.857 bits per heavy atom. The molecule has 1 heterocycles. The second-order valence-corrected chi connectivity index (χ2v) is 7.36. The fraction of sp³-hybridized carbons (Fsp3) is 0.0417. The Morgan fingerprint density at radius 3 is 2.18 bits per heavy atom. The van der Waals surface area contributed by atoms with Crippen LogP contribution in [0.5, 0.6) is 5.75 Å². The third-order valence-electron chi connectivity index (χ3n) is 4.58. The van der Waals surface area contributed by atoms with Gasteiger partial charge in [0.15, 0.2) is 0 Å². The van der Waals surface area contributed by atoms with E-state index in [1.54, 1.807) is 7.11 Å². The number of nitrogens with two attached hydrogens (primary N) is 1. The van der Waals surface area contributed by atoms with Crippen LogP contribution in [0.15, 0.2) is 84.9 Å². The van der Waals surface area contributed by atoms with Crippen LogP contribution in [0.4, 0.5) is 5.69 Å². The van der Waals surface area contributed by atoms with Crippen LogP contribution in [0.25, 0.3) is 21.6 Å². The molecule has 4 aromatic rings. The van der Waals surface area contributed by atoms with Crippen molar-refractivity contribution in [3.05, 3.63) is 95.4 Å². The van der Waals surface area contributed by atoms with Crippen molar-refractivity contribution in [3.63, 3.8) is 0 Å². The van der Waals surface area contributed by atoms with Crippen LogP contribution in [-0.2, 0) is 0 Å². The minimum atomic E-state index is -0.0607. The van der Waals surface area contributed by atoms with Gasteiger partial charge in [0, 0.05) is 16.0 Å². The molecule has 0 aliphatic carbocycles. The van der Waals surface area contributed by atoms with Gasteiger partial charge in [0.25, 0.3) is 0 Å². The van der Waals surface area contributed by atoms with Crippen molar-refractivity contribution in [2.75, 3.05) is 12.8 Å². The zero-order valence-electron chi connectivity index (χ0n) is 15.4. The number of carbonyl (C=O) groups is 1. The molecule has 138 valence electrons. The van der Waals surface area contributed by atoms with Gasteiger partial charge in [-0.2, -0.15) is 0 Å². The molecule has 0 saturated heterocycles. The highest BCUT2D eigenvalue weighted by atomic mass is 32.1. The fourth-order valence-corrected chi connectivity index (χ4v) is 4.40. The number of hydrogen-bond donors (Lipinski definition) is 1. The first kappa shape index (κ1) is 18.0. The predicted octanol–water partition coefficient (Wildman–Crippen LogP) is 5.90. The normalized spacial score (nSPS) is 10.6. The van der Waals surface area contributed by atoms with Crippen molar-refractivity contribution < 1.29 is 9.53 Å². The fourth-order valence-electron chi connectivity index (χ4n) is 3.19. The summed E-state index contributed by atoms with van der Waals surface area (Å²) in [5.41, 5.74) is 10.5. The first-order valence-corrected chi connectivity index (χ1v) is 9.72. The molecule has 1 aromatic heterocycles. The molecule has 2 N–H and O–H groups in total. The Bertz CT molecular complexity index is 1120. The van der Waals surface area contributed by atoms with Gasteiger partial charge in [-0.25, -0.2) is 0 Å². The van der Waals surface area contributed by atoms with Gasteiger partial charge in [-0.05, 0) is 23.3 Å². The molecule has 3 aromatic carbocycles. The number of ketones is 1. The first-order chi connectivity index (χ1) is 13.7. The van der Waals surface area contributed by atoms with Gasteiger partial charge >= 0.3 is 0 Å². The molecular formula is C24H19NO2S. The van der Waals surface area contributed by atoms with Crippen molar-refractivity contribution in [2.45, 2.75) is 0 Å². The van der Waals surface area contributed by atoms with Crippen molar-refractivity contribution in [3.8, 4) is 27.3 Å². The van der Waals surface area contributed by atoms with Crippen LogP contribution in [-0.4, -0.2) is 12.9 Å². The highest BCUT2D eigenvalue weighted by Crippen LogP contribution is 2.46. The minimum Gasteiger partial charge on any atom is -0.497 e. The molecule has 0 fully saturated rings. The molecule has 0 atom stereocenters. The van der Waals surface area contributed by atoms with E-state index < -0.39 is 0 Å². The van der Waals surface area contributed by atoms with E-state index in [1.807, 2.05) is 84.9 Å². The maximum atomic E-state index is 13.1. The van der Waals surface area contributed by atoms with Gasteiger partial charge in [-0.1, -0.05) is 72.8 Å². The van der Waals surface area contributed by atoms with E-state index in [2.05, 4.69) is 0 Å². The summed E-state index contributed by atoms with van der Waals surface area (Å²) in [4.78, 5) is 14.7. The first-order valence-electron chi connectivity index (χ1n) is 8.91. The molecule has 4 heteroatoms. The Kier molecular flexibility index (Phi) is 4.96. The molecular weight excluding hydrogens is 366 g/mol. The van der Waals surface area contributed by atoms with Crippen LogP contribution in [0, 0.1) is 0 Å². The maximum Gasteiger partial charge on any atom is 0.205 e. The average molecular weight is 385 g/mol. The molecule has 0 unspecified atom stereocenters. The van der Waals surface area contributed by atoms with Gasteiger partial charge in [0.2, 0.25) is 5.78 Å². The van der Waals surface area contributed by atoms with E-state index in [9.17, 15) is 4.79 Å². The molecule has 4 rings (SSSR count). The Morgan fingerprint density at radius 2 is 1.50 bits per heavy atom. The number of rotatable bonds is 5. The van der Waals surface area contributed by atoms with E-state index in [4.69, 9.17) is 10.5 Å². The monoisotopic (exact) mass is 385 g/mol.